The lowest BCUT2D eigenvalue weighted by atomic mass is 10.2. The van der Waals surface area contributed by atoms with Gasteiger partial charge in [0.05, 0.1) is 7.11 Å². The van der Waals surface area contributed by atoms with Gasteiger partial charge in [0, 0.05) is 30.2 Å². The van der Waals surface area contributed by atoms with Crippen LogP contribution in [0.2, 0.25) is 0 Å². The van der Waals surface area contributed by atoms with Crippen LogP contribution >= 0.6 is 23.1 Å². The minimum atomic E-state index is -3.75. The van der Waals surface area contributed by atoms with Gasteiger partial charge in [-0.1, -0.05) is 5.16 Å². The molecule has 0 atom stereocenters. The number of ether oxygens (including phenoxy) is 2. The number of hydrogen-bond acceptors (Lipinski definition) is 10. The maximum atomic E-state index is 12.9. The average Bonchev–Trinajstić information content (AvgIpc) is 3.48. The quantitative estimate of drug-likeness (QED) is 0.470. The number of benzene rings is 1. The van der Waals surface area contributed by atoms with Crippen molar-refractivity contribution in [3.63, 3.8) is 0 Å². The van der Waals surface area contributed by atoms with Crippen molar-refractivity contribution in [1.82, 2.24) is 14.4 Å². The number of carbonyl (C=O) groups is 1. The molecular weight excluding hydrogens is 462 g/mol. The highest BCUT2D eigenvalue weighted by Crippen LogP contribution is 2.28. The Morgan fingerprint density at radius 2 is 1.94 bits per heavy atom. The van der Waals surface area contributed by atoms with Gasteiger partial charge in [0.15, 0.2) is 6.61 Å². The molecule has 4 rings (SSSR count). The van der Waals surface area contributed by atoms with E-state index in [4.69, 9.17) is 14.0 Å². The van der Waals surface area contributed by atoms with E-state index in [-0.39, 0.29) is 28.1 Å². The first-order valence-corrected chi connectivity index (χ1v) is 12.8. The molecule has 0 spiro atoms. The Morgan fingerprint density at radius 1 is 1.19 bits per heavy atom. The molecule has 1 fully saturated rings. The molecule has 0 saturated carbocycles. The van der Waals surface area contributed by atoms with Crippen molar-refractivity contribution in [1.29, 1.82) is 0 Å². The standard InChI is InChI=1S/C19H19N3O6S3/c1-26-14-4-2-13(3-5-14)18-20-16(21-28-18)12-27-19(23)17-15(6-9-30-17)31(24,25)22-7-10-29-11-8-22/h2-6,9H,7-8,10-12H2,1H3. The largest absolute Gasteiger partial charge is 0.497 e. The highest BCUT2D eigenvalue weighted by atomic mass is 32.2. The predicted octanol–water partition coefficient (Wildman–Crippen LogP) is 2.90. The maximum absolute atomic E-state index is 12.9. The summed E-state index contributed by atoms with van der Waals surface area (Å²) in [6.45, 7) is 0.610. The summed E-state index contributed by atoms with van der Waals surface area (Å²) < 4.78 is 42.8. The molecule has 9 nitrogen and oxygen atoms in total. The van der Waals surface area contributed by atoms with Crippen molar-refractivity contribution in [3.05, 3.63) is 46.4 Å². The van der Waals surface area contributed by atoms with E-state index in [1.165, 1.54) is 10.4 Å². The van der Waals surface area contributed by atoms with Crippen LogP contribution in [0.25, 0.3) is 11.5 Å². The number of esters is 1. The zero-order valence-electron chi connectivity index (χ0n) is 16.5. The summed E-state index contributed by atoms with van der Waals surface area (Å²) in [4.78, 5) is 16.8. The van der Waals surface area contributed by atoms with E-state index >= 15 is 0 Å². The summed E-state index contributed by atoms with van der Waals surface area (Å²) in [7, 11) is -2.17. The van der Waals surface area contributed by atoms with Crippen LogP contribution < -0.4 is 4.74 Å². The van der Waals surface area contributed by atoms with Gasteiger partial charge in [0.1, 0.15) is 15.5 Å². The number of aromatic nitrogens is 2. The normalized spacial score (nSPS) is 15.0. The van der Waals surface area contributed by atoms with Crippen LogP contribution in [-0.2, 0) is 21.4 Å². The number of methoxy groups -OCH3 is 1. The van der Waals surface area contributed by atoms with Gasteiger partial charge < -0.3 is 14.0 Å². The number of thioether (sulfide) groups is 1. The smallest absolute Gasteiger partial charge is 0.350 e. The molecule has 31 heavy (non-hydrogen) atoms. The highest BCUT2D eigenvalue weighted by molar-refractivity contribution is 7.99. The van der Waals surface area contributed by atoms with Crippen LogP contribution in [0.3, 0.4) is 0 Å². The Hall–Kier alpha value is -2.41. The average molecular weight is 482 g/mol. The summed E-state index contributed by atoms with van der Waals surface area (Å²) in [5, 5.41) is 5.38. The second-order valence-corrected chi connectivity index (χ2v) is 10.5. The molecule has 164 valence electrons. The van der Waals surface area contributed by atoms with Gasteiger partial charge in [0.25, 0.3) is 5.89 Å². The Bertz CT molecular complexity index is 1150. The molecule has 2 aromatic heterocycles. The molecule has 1 aliphatic rings. The molecule has 0 N–H and O–H groups in total. The lowest BCUT2D eigenvalue weighted by Crippen LogP contribution is -2.38. The van der Waals surface area contributed by atoms with Crippen molar-refractivity contribution in [3.8, 4) is 17.2 Å². The van der Waals surface area contributed by atoms with Gasteiger partial charge in [-0.05, 0) is 35.7 Å². The monoisotopic (exact) mass is 481 g/mol. The van der Waals surface area contributed by atoms with Crippen LogP contribution in [0.4, 0.5) is 0 Å². The SMILES string of the molecule is COc1ccc(-c2nc(COC(=O)c3sccc3S(=O)(=O)N3CCSCC3)no2)cc1. The molecule has 1 aromatic carbocycles. The predicted molar refractivity (Wildman–Crippen MR) is 116 cm³/mol. The molecule has 12 heteroatoms. The zero-order chi connectivity index (χ0) is 21.8. The molecule has 0 bridgehead atoms. The van der Waals surface area contributed by atoms with Crippen LogP contribution in [0.1, 0.15) is 15.5 Å². The maximum Gasteiger partial charge on any atom is 0.350 e. The zero-order valence-corrected chi connectivity index (χ0v) is 19.0. The molecule has 0 aliphatic carbocycles. The summed E-state index contributed by atoms with van der Waals surface area (Å²) in [5.74, 6) is 1.87. The van der Waals surface area contributed by atoms with E-state index in [2.05, 4.69) is 10.1 Å². The van der Waals surface area contributed by atoms with Gasteiger partial charge in [-0.15, -0.1) is 11.3 Å². The Labute approximate surface area is 187 Å². The molecule has 3 heterocycles. The second kappa shape index (κ2) is 9.39. The number of sulfonamides is 1. The highest BCUT2D eigenvalue weighted by Gasteiger charge is 2.31. The van der Waals surface area contributed by atoms with Gasteiger partial charge in [-0.3, -0.25) is 0 Å². The van der Waals surface area contributed by atoms with E-state index < -0.39 is 16.0 Å². The van der Waals surface area contributed by atoms with E-state index in [1.54, 1.807) is 48.5 Å². The topological polar surface area (TPSA) is 112 Å². The molecular formula is C19H19N3O6S3. The number of carbonyl (C=O) groups excluding carboxylic acids is 1. The van der Waals surface area contributed by atoms with Crippen molar-refractivity contribution >= 4 is 39.1 Å². The summed E-state index contributed by atoms with van der Waals surface area (Å²) in [6, 6.07) is 8.50. The Morgan fingerprint density at radius 3 is 2.65 bits per heavy atom. The summed E-state index contributed by atoms with van der Waals surface area (Å²) in [5.41, 5.74) is 0.692. The lowest BCUT2D eigenvalue weighted by Gasteiger charge is -2.25. The Kier molecular flexibility index (Phi) is 6.60. The van der Waals surface area contributed by atoms with E-state index in [0.29, 0.717) is 24.4 Å². The van der Waals surface area contributed by atoms with Crippen LogP contribution in [0, 0.1) is 0 Å². The third-order valence-corrected chi connectivity index (χ3v) is 8.45. The van der Waals surface area contributed by atoms with Crippen molar-refractivity contribution in [2.45, 2.75) is 11.5 Å². The van der Waals surface area contributed by atoms with Crippen molar-refractivity contribution in [2.24, 2.45) is 0 Å². The molecule has 0 amide bonds. The number of nitrogens with zero attached hydrogens (tertiary/aromatic N) is 3. The minimum Gasteiger partial charge on any atom is -0.497 e. The molecule has 1 saturated heterocycles. The van der Waals surface area contributed by atoms with Gasteiger partial charge >= 0.3 is 5.97 Å². The summed E-state index contributed by atoms with van der Waals surface area (Å²) >= 11 is 2.73. The number of rotatable bonds is 7. The second-order valence-electron chi connectivity index (χ2n) is 6.45. The third-order valence-electron chi connectivity index (χ3n) is 4.54. The van der Waals surface area contributed by atoms with Crippen molar-refractivity contribution in [2.75, 3.05) is 31.7 Å². The molecule has 0 radical (unpaired) electrons. The lowest BCUT2D eigenvalue weighted by molar-refractivity contribution is 0.0461. The first kappa shape index (κ1) is 21.8. The van der Waals surface area contributed by atoms with Crippen LogP contribution in [0.15, 0.2) is 45.1 Å². The van der Waals surface area contributed by atoms with E-state index in [0.717, 1.165) is 22.8 Å². The summed E-state index contributed by atoms with van der Waals surface area (Å²) in [6.07, 6.45) is 0. The number of thiophene rings is 1. The van der Waals surface area contributed by atoms with E-state index in [1.807, 2.05) is 0 Å². The molecule has 1 aliphatic heterocycles. The van der Waals surface area contributed by atoms with Gasteiger partial charge in [-0.2, -0.15) is 21.1 Å². The molecule has 0 unspecified atom stereocenters. The minimum absolute atomic E-state index is 0.0265. The first-order valence-electron chi connectivity index (χ1n) is 9.28. The Balaban J connectivity index is 1.43. The first-order chi connectivity index (χ1) is 15.0. The third kappa shape index (κ3) is 4.76. The van der Waals surface area contributed by atoms with Gasteiger partial charge in [0.2, 0.25) is 15.8 Å². The van der Waals surface area contributed by atoms with Crippen molar-refractivity contribution < 1.29 is 27.2 Å². The van der Waals surface area contributed by atoms with Crippen LogP contribution in [0.5, 0.6) is 5.75 Å². The van der Waals surface area contributed by atoms with Gasteiger partial charge in [-0.25, -0.2) is 13.2 Å². The van der Waals surface area contributed by atoms with E-state index in [9.17, 15) is 13.2 Å². The fourth-order valence-electron chi connectivity index (χ4n) is 2.93. The fraction of sp³-hybridized carbons (Fsp3) is 0.316. The number of hydrogen-bond donors (Lipinski definition) is 0. The fourth-order valence-corrected chi connectivity index (χ4v) is 6.79. The molecule has 3 aromatic rings. The van der Waals surface area contributed by atoms with Crippen LogP contribution in [-0.4, -0.2) is 60.5 Å².